The number of halogens is 4. The Labute approximate surface area is 235 Å². The van der Waals surface area contributed by atoms with E-state index in [9.17, 15) is 26.0 Å². The van der Waals surface area contributed by atoms with Crippen LogP contribution < -0.4 is 4.74 Å². The van der Waals surface area contributed by atoms with Gasteiger partial charge in [-0.25, -0.2) is 27.8 Å². The molecule has 1 aliphatic rings. The van der Waals surface area contributed by atoms with Gasteiger partial charge in [0.05, 0.1) is 27.6 Å². The first kappa shape index (κ1) is 31.9. The van der Waals surface area contributed by atoms with Crippen molar-refractivity contribution in [2.75, 3.05) is 14.1 Å². The molecule has 2 aromatic heterocycles. The summed E-state index contributed by atoms with van der Waals surface area (Å²) in [4.78, 5) is 22.4. The highest BCUT2D eigenvalue weighted by Crippen LogP contribution is 2.40. The number of ether oxygens (including phenoxy) is 1. The van der Waals surface area contributed by atoms with Crippen molar-refractivity contribution in [2.45, 2.75) is 61.1 Å². The minimum atomic E-state index is -4.76. The van der Waals surface area contributed by atoms with Gasteiger partial charge >= 0.3 is 6.18 Å². The summed E-state index contributed by atoms with van der Waals surface area (Å²) in [5, 5.41) is 6.89. The average Bonchev–Trinajstić information content (AvgIpc) is 2.89. The van der Waals surface area contributed by atoms with E-state index in [-0.39, 0.29) is 46.4 Å². The molecule has 3 atom stereocenters. The van der Waals surface area contributed by atoms with E-state index < -0.39 is 33.3 Å². The number of pyridine rings is 1. The predicted octanol–water partition coefficient (Wildman–Crippen LogP) is 4.66. The molecule has 0 saturated heterocycles. The van der Waals surface area contributed by atoms with Crippen molar-refractivity contribution in [3.05, 3.63) is 77.3 Å². The van der Waals surface area contributed by atoms with E-state index >= 15 is 0 Å². The Bertz CT molecular complexity index is 1440. The van der Waals surface area contributed by atoms with Gasteiger partial charge in [0.1, 0.15) is 18.2 Å². The van der Waals surface area contributed by atoms with Gasteiger partial charge in [0.2, 0.25) is 5.88 Å². The summed E-state index contributed by atoms with van der Waals surface area (Å²) in [6, 6.07) is 7.64. The molecule has 0 unspecified atom stereocenters. The molecule has 3 aromatic rings. The molecule has 1 aromatic carbocycles. The number of rotatable bonds is 7. The smallest absolute Gasteiger partial charge is 0.419 e. The normalized spacial score (nSPS) is 19.3. The van der Waals surface area contributed by atoms with Crippen molar-refractivity contribution in [3.63, 3.8) is 0 Å². The Morgan fingerprint density at radius 2 is 1.85 bits per heavy atom. The Balaban J connectivity index is 0.00000147. The molecule has 0 amide bonds. The largest absolute Gasteiger partial charge is 0.483 e. The highest BCUT2D eigenvalue weighted by molar-refractivity contribution is 7.90. The molecule has 0 aliphatic heterocycles. The minimum Gasteiger partial charge on any atom is -0.483 e. The van der Waals surface area contributed by atoms with E-state index in [1.54, 1.807) is 6.92 Å². The summed E-state index contributed by atoms with van der Waals surface area (Å²) < 4.78 is 86.4. The molecular formula is C27H30F4N4O5S. The van der Waals surface area contributed by atoms with E-state index in [0.717, 1.165) is 6.07 Å². The molecule has 1 saturated carbocycles. The van der Waals surface area contributed by atoms with Crippen molar-refractivity contribution in [1.29, 1.82) is 0 Å². The Kier molecular flexibility index (Phi) is 10.4. The van der Waals surface area contributed by atoms with E-state index in [2.05, 4.69) is 15.0 Å². The second kappa shape index (κ2) is 13.3. The van der Waals surface area contributed by atoms with Crippen molar-refractivity contribution in [3.8, 4) is 5.88 Å². The fourth-order valence-electron chi connectivity index (χ4n) is 4.92. The molecule has 14 heteroatoms. The number of aryl methyl sites for hydroxylation is 1. The molecule has 1 aliphatic carbocycles. The lowest BCUT2D eigenvalue weighted by molar-refractivity contribution is -0.140. The summed E-state index contributed by atoms with van der Waals surface area (Å²) in [6.07, 6.45) is -1.11. The van der Waals surface area contributed by atoms with Gasteiger partial charge in [-0.15, -0.1) is 0 Å². The second-order valence-electron chi connectivity index (χ2n) is 9.70. The molecule has 0 spiro atoms. The maximum Gasteiger partial charge on any atom is 0.419 e. The lowest BCUT2D eigenvalue weighted by atomic mass is 9.78. The third kappa shape index (κ3) is 7.97. The zero-order valence-corrected chi connectivity index (χ0v) is 23.4. The van der Waals surface area contributed by atoms with Crippen molar-refractivity contribution in [1.82, 2.24) is 19.9 Å². The first-order chi connectivity index (χ1) is 19.3. The summed E-state index contributed by atoms with van der Waals surface area (Å²) in [6.45, 7) is 1.33. The number of hydrogen-bond donors (Lipinski definition) is 1. The summed E-state index contributed by atoms with van der Waals surface area (Å²) in [7, 11) is -0.0528. The van der Waals surface area contributed by atoms with Crippen molar-refractivity contribution < 1.29 is 40.6 Å². The number of sulfone groups is 1. The minimum absolute atomic E-state index is 0.0531. The van der Waals surface area contributed by atoms with Crippen LogP contribution in [0.5, 0.6) is 5.88 Å². The van der Waals surface area contributed by atoms with Crippen LogP contribution in [-0.4, -0.2) is 66.1 Å². The van der Waals surface area contributed by atoms with Crippen LogP contribution in [0.1, 0.15) is 47.7 Å². The number of carboxylic acid groups (broad SMARTS) is 1. The summed E-state index contributed by atoms with van der Waals surface area (Å²) in [5.74, 6) is -1.69. The van der Waals surface area contributed by atoms with Crippen LogP contribution in [0.3, 0.4) is 0 Å². The van der Waals surface area contributed by atoms with Gasteiger partial charge in [-0.1, -0.05) is 12.1 Å². The number of aromatic nitrogens is 3. The predicted molar refractivity (Wildman–Crippen MR) is 140 cm³/mol. The van der Waals surface area contributed by atoms with Gasteiger partial charge in [-0.2, -0.15) is 13.2 Å². The molecule has 1 fully saturated rings. The highest BCUT2D eigenvalue weighted by Gasteiger charge is 2.39. The van der Waals surface area contributed by atoms with E-state index in [1.807, 2.05) is 19.0 Å². The van der Waals surface area contributed by atoms with Crippen LogP contribution in [0.25, 0.3) is 0 Å². The molecule has 9 nitrogen and oxygen atoms in total. The standard InChI is InChI=1S/C26H28F4N4O3S.CH2O2/c1-16-23(38(35,36)14-18-11-12-31-15-32-18)9-10-24(33-16)37-22-8-7-17(13-21(22)34(2)3)19-5-4-6-20(25(19)27)26(28,29)30;2-1-3/h4-6,9-12,15,17,21-22H,7-8,13-14H2,1-3H3;1H,(H,2,3)/t17-,21-,22-;/m0./s1. The Morgan fingerprint density at radius 3 is 2.44 bits per heavy atom. The molecule has 1 N–H and O–H groups in total. The summed E-state index contributed by atoms with van der Waals surface area (Å²) >= 11 is 0. The monoisotopic (exact) mass is 598 g/mol. The zero-order chi connectivity index (χ0) is 30.4. The second-order valence-corrected chi connectivity index (χ2v) is 11.7. The number of alkyl halides is 3. The van der Waals surface area contributed by atoms with Gasteiger partial charge < -0.3 is 14.7 Å². The molecule has 2 heterocycles. The fraction of sp³-hybridized carbons (Fsp3) is 0.407. The van der Waals surface area contributed by atoms with Crippen LogP contribution in [0, 0.1) is 12.7 Å². The van der Waals surface area contributed by atoms with Gasteiger partial charge in [-0.3, -0.25) is 4.79 Å². The number of nitrogens with zero attached hydrogens (tertiary/aromatic N) is 4. The van der Waals surface area contributed by atoms with Gasteiger partial charge in [-0.05, 0) is 70.0 Å². The third-order valence-electron chi connectivity index (χ3n) is 6.79. The quantitative estimate of drug-likeness (QED) is 0.306. The molecule has 0 radical (unpaired) electrons. The topological polar surface area (TPSA) is 123 Å². The van der Waals surface area contributed by atoms with Crippen LogP contribution in [-0.2, 0) is 26.6 Å². The zero-order valence-electron chi connectivity index (χ0n) is 22.5. The van der Waals surface area contributed by atoms with Crippen LogP contribution in [0.4, 0.5) is 17.6 Å². The van der Waals surface area contributed by atoms with Gasteiger partial charge in [0.15, 0.2) is 9.84 Å². The van der Waals surface area contributed by atoms with Gasteiger partial charge in [0, 0.05) is 18.3 Å². The summed E-state index contributed by atoms with van der Waals surface area (Å²) in [5.41, 5.74) is -0.568. The molecule has 41 heavy (non-hydrogen) atoms. The van der Waals surface area contributed by atoms with E-state index in [1.165, 1.54) is 42.9 Å². The molecule has 0 bridgehead atoms. The van der Waals surface area contributed by atoms with Crippen molar-refractivity contribution in [2.24, 2.45) is 0 Å². The first-order valence-corrected chi connectivity index (χ1v) is 14.2. The average molecular weight is 599 g/mol. The first-order valence-electron chi connectivity index (χ1n) is 12.5. The lowest BCUT2D eigenvalue weighted by Crippen LogP contribution is -2.46. The lowest BCUT2D eigenvalue weighted by Gasteiger charge is -2.39. The Morgan fingerprint density at radius 1 is 1.15 bits per heavy atom. The number of benzene rings is 1. The molecular weight excluding hydrogens is 568 g/mol. The number of likely N-dealkylation sites (N-methyl/N-ethyl adjacent to an activating group) is 1. The molecule has 4 rings (SSSR count). The maximum absolute atomic E-state index is 14.8. The van der Waals surface area contributed by atoms with Crippen LogP contribution in [0.2, 0.25) is 0 Å². The number of carbonyl (C=O) groups is 1. The number of hydrogen-bond acceptors (Lipinski definition) is 8. The highest BCUT2D eigenvalue weighted by atomic mass is 32.2. The SMILES string of the molecule is Cc1nc(O[C@H]2CC[C@H](c3cccc(C(F)(F)F)c3F)C[C@@H]2N(C)C)ccc1S(=O)(=O)Cc1ccncn1.O=CO. The van der Waals surface area contributed by atoms with E-state index in [4.69, 9.17) is 14.6 Å². The van der Waals surface area contributed by atoms with Crippen molar-refractivity contribution >= 4 is 16.3 Å². The van der Waals surface area contributed by atoms with Crippen LogP contribution >= 0.6 is 0 Å². The van der Waals surface area contributed by atoms with Gasteiger partial charge in [0.25, 0.3) is 6.47 Å². The molecule has 222 valence electrons. The Hall–Kier alpha value is -3.65. The van der Waals surface area contributed by atoms with Crippen LogP contribution in [0.15, 0.2) is 53.8 Å². The fourth-order valence-corrected chi connectivity index (χ4v) is 6.40. The maximum atomic E-state index is 14.8. The van der Waals surface area contributed by atoms with E-state index in [0.29, 0.717) is 25.0 Å². The third-order valence-corrected chi connectivity index (χ3v) is 8.57.